The molecule has 0 aliphatic rings. The maximum Gasteiger partial charge on any atom is 0.387 e. The number of nitrogens with one attached hydrogen (secondary N) is 2. The summed E-state index contributed by atoms with van der Waals surface area (Å²) in [6, 6.07) is 2.58. The van der Waals surface area contributed by atoms with Crippen molar-refractivity contribution in [3.8, 4) is 5.75 Å². The number of amides is 2. The first-order valence-corrected chi connectivity index (χ1v) is 6.71. The summed E-state index contributed by atoms with van der Waals surface area (Å²) >= 11 is 8.79. The normalized spacial score (nSPS) is 10.4. The Kier molecular flexibility index (Phi) is 6.79. The summed E-state index contributed by atoms with van der Waals surface area (Å²) in [4.78, 5) is 22.5. The Labute approximate surface area is 132 Å². The number of benzene rings is 1. The Morgan fingerprint density at radius 1 is 1.38 bits per heavy atom. The van der Waals surface area contributed by atoms with Crippen LogP contribution < -0.4 is 21.1 Å². The molecule has 1 rings (SSSR count). The lowest BCUT2D eigenvalue weighted by atomic mass is 10.3. The second-order valence-electron chi connectivity index (χ2n) is 3.67. The van der Waals surface area contributed by atoms with Crippen molar-refractivity contribution in [1.82, 2.24) is 5.32 Å². The molecule has 0 heterocycles. The first-order chi connectivity index (χ1) is 9.83. The third kappa shape index (κ3) is 5.82. The maximum atomic E-state index is 12.4. The molecule has 1 aromatic carbocycles. The van der Waals surface area contributed by atoms with Crippen LogP contribution in [-0.4, -0.2) is 31.5 Å². The van der Waals surface area contributed by atoms with Gasteiger partial charge in [0.2, 0.25) is 11.8 Å². The molecule has 0 bridgehead atoms. The van der Waals surface area contributed by atoms with Crippen LogP contribution in [0.25, 0.3) is 0 Å². The molecule has 6 nitrogen and oxygen atoms in total. The number of halogens is 4. The van der Waals surface area contributed by atoms with Gasteiger partial charge in [0.15, 0.2) is 5.75 Å². The van der Waals surface area contributed by atoms with Gasteiger partial charge in [-0.05, 0) is 28.1 Å². The van der Waals surface area contributed by atoms with E-state index in [1.54, 1.807) is 0 Å². The number of hydrogen-bond acceptors (Lipinski definition) is 4. The maximum absolute atomic E-state index is 12.4. The molecule has 10 heteroatoms. The van der Waals surface area contributed by atoms with E-state index in [1.165, 1.54) is 12.1 Å². The number of hydrogen-bond donors (Lipinski definition) is 3. The number of ether oxygens (including phenoxy) is 1. The van der Waals surface area contributed by atoms with Crippen LogP contribution in [0.4, 0.5) is 14.5 Å². The van der Waals surface area contributed by atoms with E-state index in [1.807, 2.05) is 0 Å². The molecule has 0 atom stereocenters. The van der Waals surface area contributed by atoms with Gasteiger partial charge in [-0.3, -0.25) is 9.59 Å². The van der Waals surface area contributed by atoms with Crippen molar-refractivity contribution in [2.24, 2.45) is 5.73 Å². The largest absolute Gasteiger partial charge is 0.431 e. The van der Waals surface area contributed by atoms with E-state index < -0.39 is 18.4 Å². The molecule has 1 aromatic rings. The van der Waals surface area contributed by atoms with Crippen molar-refractivity contribution in [3.63, 3.8) is 0 Å². The Hall–Kier alpha value is -1.45. The molecule has 0 aliphatic carbocycles. The van der Waals surface area contributed by atoms with Crippen molar-refractivity contribution >= 4 is 45.0 Å². The van der Waals surface area contributed by atoms with Crippen molar-refractivity contribution in [2.45, 2.75) is 6.61 Å². The van der Waals surface area contributed by atoms with Gasteiger partial charge in [-0.1, -0.05) is 11.6 Å². The monoisotopic (exact) mass is 385 g/mol. The molecule has 0 fully saturated rings. The summed E-state index contributed by atoms with van der Waals surface area (Å²) in [6.45, 7) is -3.71. The van der Waals surface area contributed by atoms with E-state index in [-0.39, 0.29) is 34.0 Å². The zero-order valence-corrected chi connectivity index (χ0v) is 12.8. The summed E-state index contributed by atoms with van der Waals surface area (Å²) in [5, 5.41) is 4.74. The highest BCUT2D eigenvalue weighted by atomic mass is 79.9. The summed E-state index contributed by atoms with van der Waals surface area (Å²) in [5.41, 5.74) is 5.00. The van der Waals surface area contributed by atoms with Crippen molar-refractivity contribution in [3.05, 3.63) is 21.6 Å². The smallest absolute Gasteiger partial charge is 0.387 e. The molecular formula is C11H11BrClF2N3O3. The van der Waals surface area contributed by atoms with Crippen LogP contribution >= 0.6 is 27.5 Å². The first-order valence-electron chi connectivity index (χ1n) is 5.54. The second kappa shape index (κ2) is 8.11. The van der Waals surface area contributed by atoms with Crippen LogP contribution in [0.15, 0.2) is 16.6 Å². The fourth-order valence-electron chi connectivity index (χ4n) is 1.31. The number of carbonyl (C=O) groups excluding carboxylic acids is 2. The third-order valence-corrected chi connectivity index (χ3v) is 2.93. The van der Waals surface area contributed by atoms with Gasteiger partial charge in [0.25, 0.3) is 0 Å². The van der Waals surface area contributed by atoms with E-state index in [9.17, 15) is 18.4 Å². The standard InChI is InChI=1S/C11H11BrClF2N3O3/c12-6-1-5(13)2-7(10(6)21-11(14)15)18-9(20)4-17-8(19)3-16/h1-2,11H,3-4,16H2,(H,17,19)(H,18,20). The molecule has 116 valence electrons. The van der Waals surface area contributed by atoms with Crippen LogP contribution in [0.5, 0.6) is 5.75 Å². The number of carbonyl (C=O) groups is 2. The minimum atomic E-state index is -3.07. The SMILES string of the molecule is NCC(=O)NCC(=O)Nc1cc(Cl)cc(Br)c1OC(F)F. The van der Waals surface area contributed by atoms with Gasteiger partial charge in [0.05, 0.1) is 23.2 Å². The topological polar surface area (TPSA) is 93.5 Å². The van der Waals surface area contributed by atoms with Gasteiger partial charge in [0.1, 0.15) is 0 Å². The van der Waals surface area contributed by atoms with Crippen molar-refractivity contribution in [1.29, 1.82) is 0 Å². The average Bonchev–Trinajstić information content (AvgIpc) is 2.39. The van der Waals surface area contributed by atoms with E-state index in [0.717, 1.165) is 0 Å². The zero-order valence-electron chi connectivity index (χ0n) is 10.5. The minimum absolute atomic E-state index is 0.0540. The van der Waals surface area contributed by atoms with Gasteiger partial charge < -0.3 is 21.1 Å². The van der Waals surface area contributed by atoms with E-state index in [0.29, 0.717) is 0 Å². The Morgan fingerprint density at radius 3 is 2.62 bits per heavy atom. The highest BCUT2D eigenvalue weighted by Gasteiger charge is 2.17. The first kappa shape index (κ1) is 17.6. The lowest BCUT2D eigenvalue weighted by molar-refractivity contribution is -0.123. The predicted molar refractivity (Wildman–Crippen MR) is 76.5 cm³/mol. The molecule has 0 saturated carbocycles. The minimum Gasteiger partial charge on any atom is -0.431 e. The summed E-state index contributed by atoms with van der Waals surface area (Å²) in [6.07, 6.45) is 0. The molecular weight excluding hydrogens is 375 g/mol. The predicted octanol–water partition coefficient (Wildman–Crippen LogP) is 1.72. The highest BCUT2D eigenvalue weighted by Crippen LogP contribution is 2.37. The van der Waals surface area contributed by atoms with Crippen molar-refractivity contribution in [2.75, 3.05) is 18.4 Å². The van der Waals surface area contributed by atoms with Crippen LogP contribution in [0, 0.1) is 0 Å². The molecule has 2 amide bonds. The fourth-order valence-corrected chi connectivity index (χ4v) is 2.21. The Bertz CT molecular complexity index is 546. The molecule has 21 heavy (non-hydrogen) atoms. The van der Waals surface area contributed by atoms with Gasteiger partial charge in [-0.15, -0.1) is 0 Å². The number of alkyl halides is 2. The molecule has 0 aliphatic heterocycles. The number of nitrogens with two attached hydrogens (primary N) is 1. The van der Waals surface area contributed by atoms with Gasteiger partial charge >= 0.3 is 6.61 Å². The Balaban J connectivity index is 2.85. The number of anilines is 1. The zero-order chi connectivity index (χ0) is 16.0. The molecule has 0 aromatic heterocycles. The highest BCUT2D eigenvalue weighted by molar-refractivity contribution is 9.10. The second-order valence-corrected chi connectivity index (χ2v) is 4.96. The molecule has 0 unspecified atom stereocenters. The average molecular weight is 387 g/mol. The van der Waals surface area contributed by atoms with Gasteiger partial charge in [-0.25, -0.2) is 0 Å². The van der Waals surface area contributed by atoms with Gasteiger partial charge in [-0.2, -0.15) is 8.78 Å². The van der Waals surface area contributed by atoms with Crippen LogP contribution in [0.3, 0.4) is 0 Å². The van der Waals surface area contributed by atoms with Crippen molar-refractivity contribution < 1.29 is 23.1 Å². The quantitative estimate of drug-likeness (QED) is 0.694. The molecule has 0 spiro atoms. The molecule has 4 N–H and O–H groups in total. The fraction of sp³-hybridized carbons (Fsp3) is 0.273. The lowest BCUT2D eigenvalue weighted by Crippen LogP contribution is -2.36. The summed E-state index contributed by atoms with van der Waals surface area (Å²) < 4.78 is 29.2. The summed E-state index contributed by atoms with van der Waals surface area (Å²) in [7, 11) is 0. The lowest BCUT2D eigenvalue weighted by Gasteiger charge is -2.14. The van der Waals surface area contributed by atoms with Crippen LogP contribution in [0.2, 0.25) is 5.02 Å². The van der Waals surface area contributed by atoms with E-state index in [2.05, 4.69) is 31.3 Å². The number of rotatable bonds is 6. The molecule has 0 radical (unpaired) electrons. The van der Waals surface area contributed by atoms with Crippen LogP contribution in [-0.2, 0) is 9.59 Å². The summed E-state index contributed by atoms with van der Waals surface area (Å²) in [5.74, 6) is -1.44. The van der Waals surface area contributed by atoms with Crippen LogP contribution in [0.1, 0.15) is 0 Å². The van der Waals surface area contributed by atoms with Gasteiger partial charge in [0, 0.05) is 5.02 Å². The third-order valence-electron chi connectivity index (χ3n) is 2.12. The van der Waals surface area contributed by atoms with E-state index in [4.69, 9.17) is 17.3 Å². The van der Waals surface area contributed by atoms with E-state index >= 15 is 0 Å². The molecule has 0 saturated heterocycles. The Morgan fingerprint density at radius 2 is 2.05 bits per heavy atom.